The zero-order chi connectivity index (χ0) is 11.9. The highest BCUT2D eigenvalue weighted by molar-refractivity contribution is 4.97. The van der Waals surface area contributed by atoms with Gasteiger partial charge in [-0.2, -0.15) is 0 Å². The van der Waals surface area contributed by atoms with E-state index in [2.05, 4.69) is 62.5 Å². The number of unbranched alkanes of at least 4 members (excludes halogenated alkanes) is 2. The number of hydrogen-bond acceptors (Lipinski definition) is 0. The third-order valence-electron chi connectivity index (χ3n) is 2.24. The van der Waals surface area contributed by atoms with Crippen LogP contribution >= 0.6 is 0 Å². The predicted octanol–water partition coefficient (Wildman–Crippen LogP) is 5.59. The Balaban J connectivity index is 3.32. The van der Waals surface area contributed by atoms with Crippen LogP contribution in [0.1, 0.15) is 52.4 Å². The fourth-order valence-electron chi connectivity index (χ4n) is 1.30. The first-order chi connectivity index (χ1) is 7.91. The molecule has 90 valence electrons. The van der Waals surface area contributed by atoms with Crippen molar-refractivity contribution in [3.05, 3.63) is 48.6 Å². The van der Waals surface area contributed by atoms with Crippen molar-refractivity contribution in [1.82, 2.24) is 0 Å². The normalized spacial score (nSPS) is 12.9. The molecule has 16 heavy (non-hydrogen) atoms. The van der Waals surface area contributed by atoms with Gasteiger partial charge >= 0.3 is 0 Å². The van der Waals surface area contributed by atoms with Crippen molar-refractivity contribution < 1.29 is 0 Å². The minimum atomic E-state index is 1.07. The molecule has 0 aliphatic rings. The van der Waals surface area contributed by atoms with Gasteiger partial charge in [-0.25, -0.2) is 0 Å². The van der Waals surface area contributed by atoms with Gasteiger partial charge in [0.05, 0.1) is 0 Å². The van der Waals surface area contributed by atoms with Gasteiger partial charge < -0.3 is 0 Å². The van der Waals surface area contributed by atoms with Crippen molar-refractivity contribution in [3.8, 4) is 0 Å². The maximum Gasteiger partial charge on any atom is -0.0169 e. The Morgan fingerprint density at radius 2 is 1.12 bits per heavy atom. The summed E-state index contributed by atoms with van der Waals surface area (Å²) in [4.78, 5) is 0. The Kier molecular flexibility index (Phi) is 13.1. The molecule has 0 unspecified atom stereocenters. The van der Waals surface area contributed by atoms with E-state index in [9.17, 15) is 0 Å². The lowest BCUT2D eigenvalue weighted by Crippen LogP contribution is -1.65. The molecule has 0 saturated carbocycles. The van der Waals surface area contributed by atoms with Crippen LogP contribution in [0.4, 0.5) is 0 Å². The Morgan fingerprint density at radius 1 is 0.625 bits per heavy atom. The van der Waals surface area contributed by atoms with Crippen LogP contribution in [0.25, 0.3) is 0 Å². The molecule has 0 aliphatic carbocycles. The fraction of sp³-hybridized carbons (Fsp3) is 0.500. The molecule has 0 aromatic heterocycles. The van der Waals surface area contributed by atoms with Crippen molar-refractivity contribution in [3.63, 3.8) is 0 Å². The zero-order valence-corrected chi connectivity index (χ0v) is 10.9. The molecule has 0 rings (SSSR count). The second-order valence-corrected chi connectivity index (χ2v) is 3.82. The third kappa shape index (κ3) is 13.0. The molecule has 0 aliphatic heterocycles. The second-order valence-electron chi connectivity index (χ2n) is 3.82. The summed E-state index contributed by atoms with van der Waals surface area (Å²) in [5, 5.41) is 0. The second kappa shape index (κ2) is 14.0. The van der Waals surface area contributed by atoms with E-state index in [1.165, 1.54) is 12.8 Å². The van der Waals surface area contributed by atoms with Crippen molar-refractivity contribution in [2.24, 2.45) is 0 Å². The summed E-state index contributed by atoms with van der Waals surface area (Å²) in [6.07, 6.45) is 24.7. The molecular formula is C16H26. The standard InChI is InChI=1S/C16H26/c1-3-5-7-9-11-13-15-16-14-12-10-8-6-4-2/h3,5,8,10-11,13-14,16H,4,6-7,9,12,15H2,1-2H3/b5-3+,10-8+,13-11+,16-14+. The smallest absolute Gasteiger partial charge is 0.0169 e. The van der Waals surface area contributed by atoms with E-state index in [-0.39, 0.29) is 0 Å². The van der Waals surface area contributed by atoms with Crippen molar-refractivity contribution >= 4 is 0 Å². The summed E-state index contributed by atoms with van der Waals surface area (Å²) in [6.45, 7) is 4.28. The Hall–Kier alpha value is -1.04. The number of hydrogen-bond donors (Lipinski definition) is 0. The Morgan fingerprint density at radius 3 is 1.69 bits per heavy atom. The first-order valence-corrected chi connectivity index (χ1v) is 6.48. The van der Waals surface area contributed by atoms with Crippen molar-refractivity contribution in [2.75, 3.05) is 0 Å². The first kappa shape index (κ1) is 15.0. The van der Waals surface area contributed by atoms with Crippen LogP contribution in [0.3, 0.4) is 0 Å². The van der Waals surface area contributed by atoms with E-state index in [1.54, 1.807) is 0 Å². The summed E-state index contributed by atoms with van der Waals surface area (Å²) >= 11 is 0. The van der Waals surface area contributed by atoms with Crippen LogP contribution in [-0.4, -0.2) is 0 Å². The van der Waals surface area contributed by atoms with E-state index in [0.717, 1.165) is 25.7 Å². The van der Waals surface area contributed by atoms with Gasteiger partial charge in [0.2, 0.25) is 0 Å². The maximum atomic E-state index is 2.26. The molecule has 0 amide bonds. The van der Waals surface area contributed by atoms with Gasteiger partial charge in [-0.15, -0.1) is 0 Å². The molecule has 0 nitrogen and oxygen atoms in total. The molecule has 0 N–H and O–H groups in total. The summed E-state index contributed by atoms with van der Waals surface area (Å²) in [6, 6.07) is 0. The van der Waals surface area contributed by atoms with Gasteiger partial charge in [-0.05, 0) is 39.0 Å². The molecule has 0 atom stereocenters. The van der Waals surface area contributed by atoms with Crippen LogP contribution in [0, 0.1) is 0 Å². The molecule has 0 bridgehead atoms. The molecule has 0 fully saturated rings. The molecule has 0 radical (unpaired) electrons. The van der Waals surface area contributed by atoms with Gasteiger partial charge in [0.15, 0.2) is 0 Å². The third-order valence-corrected chi connectivity index (χ3v) is 2.24. The van der Waals surface area contributed by atoms with Crippen LogP contribution in [-0.2, 0) is 0 Å². The Bertz CT molecular complexity index is 228. The molecule has 0 aromatic rings. The predicted molar refractivity (Wildman–Crippen MR) is 75.6 cm³/mol. The maximum absolute atomic E-state index is 2.26. The van der Waals surface area contributed by atoms with E-state index < -0.39 is 0 Å². The summed E-state index contributed by atoms with van der Waals surface area (Å²) < 4.78 is 0. The quantitative estimate of drug-likeness (QED) is 0.349. The number of rotatable bonds is 9. The largest absolute Gasteiger partial charge is 0.0917 e. The Labute approximate surface area is 101 Å². The van der Waals surface area contributed by atoms with Crippen LogP contribution in [0.15, 0.2) is 48.6 Å². The molecule has 0 heterocycles. The number of allylic oxidation sites excluding steroid dienone is 8. The average molecular weight is 218 g/mol. The van der Waals surface area contributed by atoms with E-state index in [1.807, 2.05) is 0 Å². The summed E-state index contributed by atoms with van der Waals surface area (Å²) in [5.74, 6) is 0. The van der Waals surface area contributed by atoms with E-state index in [4.69, 9.17) is 0 Å². The highest BCUT2D eigenvalue weighted by Crippen LogP contribution is 1.97. The lowest BCUT2D eigenvalue weighted by atomic mass is 10.2. The zero-order valence-electron chi connectivity index (χ0n) is 10.9. The monoisotopic (exact) mass is 218 g/mol. The fourth-order valence-corrected chi connectivity index (χ4v) is 1.30. The topological polar surface area (TPSA) is 0 Å². The van der Waals surface area contributed by atoms with Gasteiger partial charge in [0, 0.05) is 0 Å². The highest BCUT2D eigenvalue weighted by atomic mass is 13.8. The molecule has 0 spiro atoms. The summed E-state index contributed by atoms with van der Waals surface area (Å²) in [7, 11) is 0. The van der Waals surface area contributed by atoms with Gasteiger partial charge in [-0.1, -0.05) is 62.0 Å². The molecular weight excluding hydrogens is 192 g/mol. The highest BCUT2D eigenvalue weighted by Gasteiger charge is 1.76. The van der Waals surface area contributed by atoms with Crippen molar-refractivity contribution in [1.29, 1.82) is 0 Å². The van der Waals surface area contributed by atoms with E-state index >= 15 is 0 Å². The average Bonchev–Trinajstić information content (AvgIpc) is 2.31. The van der Waals surface area contributed by atoms with Crippen molar-refractivity contribution in [2.45, 2.75) is 52.4 Å². The SMILES string of the molecule is C/C=C/CC/C=C/C/C=C/C/C=C/CCC. The van der Waals surface area contributed by atoms with E-state index in [0.29, 0.717) is 0 Å². The first-order valence-electron chi connectivity index (χ1n) is 6.48. The minimum absolute atomic E-state index is 1.07. The van der Waals surface area contributed by atoms with Gasteiger partial charge in [-0.3, -0.25) is 0 Å². The summed E-state index contributed by atoms with van der Waals surface area (Å²) in [5.41, 5.74) is 0. The molecule has 0 heteroatoms. The van der Waals surface area contributed by atoms with Gasteiger partial charge in [0.25, 0.3) is 0 Å². The lowest BCUT2D eigenvalue weighted by molar-refractivity contribution is 0.954. The lowest BCUT2D eigenvalue weighted by Gasteiger charge is -1.86. The van der Waals surface area contributed by atoms with Gasteiger partial charge in [0.1, 0.15) is 0 Å². The van der Waals surface area contributed by atoms with Crippen LogP contribution in [0.5, 0.6) is 0 Å². The minimum Gasteiger partial charge on any atom is -0.0917 e. The van der Waals surface area contributed by atoms with Crippen LogP contribution < -0.4 is 0 Å². The molecule has 0 saturated heterocycles. The molecule has 0 aromatic carbocycles. The van der Waals surface area contributed by atoms with Crippen LogP contribution in [0.2, 0.25) is 0 Å².